The van der Waals surface area contributed by atoms with Crippen LogP contribution in [0.3, 0.4) is 0 Å². The number of hydrogen-bond donors (Lipinski definition) is 1. The smallest absolute Gasteiger partial charge is 0.392 e. The van der Waals surface area contributed by atoms with Crippen LogP contribution in [-0.2, 0) is 18.3 Å². The molecule has 1 aliphatic carbocycles. The minimum Gasteiger partial charge on any atom is -0.491 e. The second-order valence-corrected chi connectivity index (χ2v) is 7.69. The topological polar surface area (TPSA) is 90.5 Å². The molecule has 160 valence electrons. The van der Waals surface area contributed by atoms with Gasteiger partial charge in [-0.05, 0) is 25.0 Å². The van der Waals surface area contributed by atoms with Gasteiger partial charge in [0, 0.05) is 25.6 Å². The molecule has 2 N–H and O–H groups in total. The SMILES string of the molecule is CN1C(=O)[C@@H](C2c3c(nn(C)c3C(N)=O)CC[C@H]2C(F)(F)F)COc2ccccc21. The van der Waals surface area contributed by atoms with Crippen molar-refractivity contribution in [2.24, 2.45) is 24.6 Å². The summed E-state index contributed by atoms with van der Waals surface area (Å²) in [5, 5.41) is 4.22. The number of benzene rings is 1. The lowest BCUT2D eigenvalue weighted by atomic mass is 9.69. The number of amides is 2. The van der Waals surface area contributed by atoms with E-state index in [4.69, 9.17) is 10.5 Å². The van der Waals surface area contributed by atoms with Crippen LogP contribution < -0.4 is 15.4 Å². The lowest BCUT2D eigenvalue weighted by Crippen LogP contribution is -2.45. The van der Waals surface area contributed by atoms with Gasteiger partial charge in [0.05, 0.1) is 23.2 Å². The molecule has 0 saturated carbocycles. The molecule has 1 aromatic carbocycles. The van der Waals surface area contributed by atoms with E-state index >= 15 is 0 Å². The van der Waals surface area contributed by atoms with E-state index in [1.807, 2.05) is 0 Å². The molecule has 7 nitrogen and oxygen atoms in total. The molecule has 0 bridgehead atoms. The summed E-state index contributed by atoms with van der Waals surface area (Å²) < 4.78 is 49.2. The Kier molecular flexibility index (Phi) is 4.74. The highest BCUT2D eigenvalue weighted by atomic mass is 19.4. The standard InChI is InChI=1S/C20H21F3N4O3/c1-26-13-5-3-4-6-14(13)30-9-10(19(26)29)15-11(20(21,22)23)7-8-12-16(15)17(18(24)28)27(2)25-12/h3-6,10-11,15H,7-9H2,1-2H3,(H2,24,28)/t10-,11-,15?/m1/s1. The molecule has 1 aliphatic heterocycles. The van der Waals surface area contributed by atoms with Crippen LogP contribution in [0.2, 0.25) is 0 Å². The summed E-state index contributed by atoms with van der Waals surface area (Å²) in [4.78, 5) is 26.7. The fraction of sp³-hybridized carbons (Fsp3) is 0.450. The first-order valence-corrected chi connectivity index (χ1v) is 9.53. The Hall–Kier alpha value is -3.04. The molecular weight excluding hydrogens is 401 g/mol. The number of nitrogens with zero attached hydrogens (tertiary/aromatic N) is 3. The minimum atomic E-state index is -4.56. The molecule has 0 spiro atoms. The number of ether oxygens (including phenoxy) is 1. The van der Waals surface area contributed by atoms with Gasteiger partial charge in [-0.25, -0.2) is 0 Å². The number of para-hydroxylation sites is 2. The molecular formula is C20H21F3N4O3. The van der Waals surface area contributed by atoms with Gasteiger partial charge in [-0.1, -0.05) is 12.1 Å². The Morgan fingerprint density at radius 3 is 2.63 bits per heavy atom. The largest absolute Gasteiger partial charge is 0.491 e. The molecule has 2 aromatic rings. The highest BCUT2D eigenvalue weighted by Gasteiger charge is 2.54. The third kappa shape index (κ3) is 3.10. The molecule has 10 heteroatoms. The van der Waals surface area contributed by atoms with E-state index in [1.165, 1.54) is 23.7 Å². The van der Waals surface area contributed by atoms with E-state index in [1.54, 1.807) is 24.3 Å². The van der Waals surface area contributed by atoms with E-state index in [0.29, 0.717) is 17.1 Å². The molecule has 1 aromatic heterocycles. The molecule has 0 radical (unpaired) electrons. The second kappa shape index (κ2) is 7.03. The zero-order chi connectivity index (χ0) is 21.8. The summed E-state index contributed by atoms with van der Waals surface area (Å²) in [6, 6.07) is 6.77. The van der Waals surface area contributed by atoms with E-state index in [-0.39, 0.29) is 30.7 Å². The second-order valence-electron chi connectivity index (χ2n) is 7.69. The van der Waals surface area contributed by atoms with Crippen LogP contribution in [0, 0.1) is 11.8 Å². The third-order valence-electron chi connectivity index (χ3n) is 6.00. The van der Waals surface area contributed by atoms with Gasteiger partial charge in [-0.2, -0.15) is 18.3 Å². The molecule has 2 amide bonds. The number of halogens is 3. The number of alkyl halides is 3. The fourth-order valence-electron chi connectivity index (χ4n) is 4.68. The highest BCUT2D eigenvalue weighted by molar-refractivity contribution is 5.98. The Morgan fingerprint density at radius 2 is 1.97 bits per heavy atom. The average molecular weight is 422 g/mol. The highest BCUT2D eigenvalue weighted by Crippen LogP contribution is 2.50. The third-order valence-corrected chi connectivity index (χ3v) is 6.00. The number of carbonyl (C=O) groups is 2. The van der Waals surface area contributed by atoms with Crippen molar-refractivity contribution in [1.82, 2.24) is 9.78 Å². The van der Waals surface area contributed by atoms with Gasteiger partial charge in [0.2, 0.25) is 5.91 Å². The monoisotopic (exact) mass is 422 g/mol. The summed E-state index contributed by atoms with van der Waals surface area (Å²) in [7, 11) is 2.97. The van der Waals surface area contributed by atoms with Crippen molar-refractivity contribution in [3.05, 3.63) is 41.2 Å². The molecule has 2 heterocycles. The number of hydrogen-bond acceptors (Lipinski definition) is 4. The lowest BCUT2D eigenvalue weighted by Gasteiger charge is -2.37. The summed E-state index contributed by atoms with van der Waals surface area (Å²) in [6.07, 6.45) is -4.74. The average Bonchev–Trinajstić information content (AvgIpc) is 2.96. The van der Waals surface area contributed by atoms with Crippen LogP contribution >= 0.6 is 0 Å². The van der Waals surface area contributed by atoms with Crippen molar-refractivity contribution >= 4 is 17.5 Å². The quantitative estimate of drug-likeness (QED) is 0.805. The van der Waals surface area contributed by atoms with Gasteiger partial charge in [0.1, 0.15) is 18.1 Å². The Labute approximate surface area is 170 Å². The zero-order valence-electron chi connectivity index (χ0n) is 16.4. The van der Waals surface area contributed by atoms with Crippen molar-refractivity contribution in [2.45, 2.75) is 24.9 Å². The number of rotatable bonds is 2. The summed E-state index contributed by atoms with van der Waals surface area (Å²) in [6.45, 7) is -0.246. The van der Waals surface area contributed by atoms with Gasteiger partial charge in [-0.3, -0.25) is 14.3 Å². The van der Waals surface area contributed by atoms with Crippen LogP contribution in [0.25, 0.3) is 0 Å². The van der Waals surface area contributed by atoms with Crippen molar-refractivity contribution < 1.29 is 27.5 Å². The Bertz CT molecular complexity index is 1020. The zero-order valence-corrected chi connectivity index (χ0v) is 16.4. The maximum absolute atomic E-state index is 14.1. The Morgan fingerprint density at radius 1 is 1.27 bits per heavy atom. The predicted octanol–water partition coefficient (Wildman–Crippen LogP) is 2.40. The maximum atomic E-state index is 14.1. The first-order chi connectivity index (χ1) is 14.1. The summed E-state index contributed by atoms with van der Waals surface area (Å²) in [5.74, 6) is -5.27. The molecule has 2 aliphatic rings. The maximum Gasteiger partial charge on any atom is 0.392 e. The lowest BCUT2D eigenvalue weighted by molar-refractivity contribution is -0.189. The van der Waals surface area contributed by atoms with E-state index in [2.05, 4.69) is 5.10 Å². The number of carbonyl (C=O) groups excluding carboxylic acids is 2. The molecule has 0 fully saturated rings. The van der Waals surface area contributed by atoms with E-state index in [0.717, 1.165) is 0 Å². The molecule has 3 atom stereocenters. The number of aryl methyl sites for hydroxylation is 2. The van der Waals surface area contributed by atoms with E-state index in [9.17, 15) is 22.8 Å². The predicted molar refractivity (Wildman–Crippen MR) is 101 cm³/mol. The van der Waals surface area contributed by atoms with Crippen molar-refractivity contribution in [3.63, 3.8) is 0 Å². The number of fused-ring (bicyclic) bond motifs is 2. The van der Waals surface area contributed by atoms with Gasteiger partial charge < -0.3 is 15.4 Å². The van der Waals surface area contributed by atoms with Gasteiger partial charge in [0.25, 0.3) is 5.91 Å². The van der Waals surface area contributed by atoms with Crippen LogP contribution in [0.5, 0.6) is 5.75 Å². The summed E-state index contributed by atoms with van der Waals surface area (Å²) >= 11 is 0. The normalized spacial score (nSPS) is 24.0. The molecule has 0 saturated heterocycles. The first-order valence-electron chi connectivity index (χ1n) is 9.53. The number of anilines is 1. The number of nitrogens with two attached hydrogens (primary N) is 1. The van der Waals surface area contributed by atoms with Gasteiger partial charge in [0.15, 0.2) is 0 Å². The van der Waals surface area contributed by atoms with Crippen LogP contribution in [0.4, 0.5) is 18.9 Å². The van der Waals surface area contributed by atoms with Crippen molar-refractivity contribution in [3.8, 4) is 5.75 Å². The number of aromatic nitrogens is 2. The van der Waals surface area contributed by atoms with Gasteiger partial charge in [-0.15, -0.1) is 0 Å². The molecule has 1 unspecified atom stereocenters. The van der Waals surface area contributed by atoms with E-state index < -0.39 is 35.7 Å². The van der Waals surface area contributed by atoms with Crippen molar-refractivity contribution in [2.75, 3.05) is 18.6 Å². The van der Waals surface area contributed by atoms with Crippen LogP contribution in [0.1, 0.15) is 34.1 Å². The summed E-state index contributed by atoms with van der Waals surface area (Å²) in [5.41, 5.74) is 6.35. The van der Waals surface area contributed by atoms with Gasteiger partial charge >= 0.3 is 6.18 Å². The molecule has 30 heavy (non-hydrogen) atoms. The van der Waals surface area contributed by atoms with Crippen LogP contribution in [-0.4, -0.2) is 41.4 Å². The fourth-order valence-corrected chi connectivity index (χ4v) is 4.68. The van der Waals surface area contributed by atoms with Crippen LogP contribution in [0.15, 0.2) is 24.3 Å². The first kappa shape index (κ1) is 20.2. The Balaban J connectivity index is 1.87. The minimum absolute atomic E-state index is 0.0506. The number of primary amides is 1. The van der Waals surface area contributed by atoms with Crippen molar-refractivity contribution in [1.29, 1.82) is 0 Å². The molecule has 4 rings (SSSR count).